The lowest BCUT2D eigenvalue weighted by Crippen LogP contribution is -2.11. The van der Waals surface area contributed by atoms with Crippen LogP contribution in [0.3, 0.4) is 0 Å². The van der Waals surface area contributed by atoms with Gasteiger partial charge in [-0.2, -0.15) is 5.10 Å². The molecule has 0 aliphatic rings. The molecule has 1 unspecified atom stereocenters. The molecule has 3 heteroatoms. The summed E-state index contributed by atoms with van der Waals surface area (Å²) in [5.41, 5.74) is 11.2. The van der Waals surface area contributed by atoms with Gasteiger partial charge in [-0.15, -0.1) is 0 Å². The van der Waals surface area contributed by atoms with E-state index in [9.17, 15) is 0 Å². The first-order valence-corrected chi connectivity index (χ1v) is 7.55. The van der Waals surface area contributed by atoms with Gasteiger partial charge in [0.05, 0.1) is 5.69 Å². The van der Waals surface area contributed by atoms with E-state index in [0.29, 0.717) is 0 Å². The minimum atomic E-state index is 0.0605. The Kier molecular flexibility index (Phi) is 4.96. The van der Waals surface area contributed by atoms with Crippen molar-refractivity contribution in [2.24, 2.45) is 5.73 Å². The molecule has 0 bridgehead atoms. The Morgan fingerprint density at radius 1 is 1.15 bits per heavy atom. The van der Waals surface area contributed by atoms with E-state index >= 15 is 0 Å². The summed E-state index contributed by atoms with van der Waals surface area (Å²) in [5, 5.41) is 4.77. The third-order valence-electron chi connectivity index (χ3n) is 3.76. The number of nitrogens with two attached hydrogens (primary N) is 1. The minimum Gasteiger partial charge on any atom is -0.324 e. The largest absolute Gasteiger partial charge is 0.324 e. The first-order chi connectivity index (χ1) is 9.67. The van der Waals surface area contributed by atoms with Crippen LogP contribution in [-0.2, 0) is 25.8 Å². The standard InChI is InChI=1S/C17H25N3/c1-4-15-17(13(3)18)16(5-2)20(19-15)12-11-14-9-7-6-8-10-14/h6-10,13H,4-5,11-12,18H2,1-3H3. The molecular formula is C17H25N3. The number of aryl methyl sites for hydroxylation is 3. The second-order valence-electron chi connectivity index (χ2n) is 5.26. The molecule has 108 valence electrons. The van der Waals surface area contributed by atoms with Gasteiger partial charge in [0.25, 0.3) is 0 Å². The van der Waals surface area contributed by atoms with Gasteiger partial charge in [0.15, 0.2) is 0 Å². The van der Waals surface area contributed by atoms with Crippen LogP contribution in [0.5, 0.6) is 0 Å². The van der Waals surface area contributed by atoms with Gasteiger partial charge in [-0.1, -0.05) is 44.2 Å². The van der Waals surface area contributed by atoms with Crippen molar-refractivity contribution in [3.05, 3.63) is 52.8 Å². The van der Waals surface area contributed by atoms with Crippen molar-refractivity contribution in [2.75, 3.05) is 0 Å². The summed E-state index contributed by atoms with van der Waals surface area (Å²) in [5.74, 6) is 0. The van der Waals surface area contributed by atoms with Crippen LogP contribution in [0, 0.1) is 0 Å². The third kappa shape index (κ3) is 3.10. The van der Waals surface area contributed by atoms with Gasteiger partial charge in [-0.05, 0) is 31.7 Å². The second kappa shape index (κ2) is 6.71. The fourth-order valence-electron chi connectivity index (χ4n) is 2.79. The number of nitrogens with zero attached hydrogens (tertiary/aromatic N) is 2. The van der Waals surface area contributed by atoms with Crippen LogP contribution in [0.25, 0.3) is 0 Å². The van der Waals surface area contributed by atoms with Crippen molar-refractivity contribution in [3.63, 3.8) is 0 Å². The van der Waals surface area contributed by atoms with Gasteiger partial charge < -0.3 is 5.73 Å². The van der Waals surface area contributed by atoms with Crippen molar-refractivity contribution in [1.29, 1.82) is 0 Å². The summed E-state index contributed by atoms with van der Waals surface area (Å²) in [6.45, 7) is 7.31. The Bertz CT molecular complexity index is 541. The number of aromatic nitrogens is 2. The summed E-state index contributed by atoms with van der Waals surface area (Å²) < 4.78 is 2.16. The lowest BCUT2D eigenvalue weighted by molar-refractivity contribution is 0.579. The Labute approximate surface area is 121 Å². The number of hydrogen-bond donors (Lipinski definition) is 1. The highest BCUT2D eigenvalue weighted by Gasteiger charge is 2.17. The molecule has 0 aliphatic heterocycles. The molecule has 0 amide bonds. The molecule has 0 spiro atoms. The zero-order chi connectivity index (χ0) is 14.5. The van der Waals surface area contributed by atoms with Gasteiger partial charge in [0, 0.05) is 23.8 Å². The van der Waals surface area contributed by atoms with Gasteiger partial charge in [0.2, 0.25) is 0 Å². The zero-order valence-electron chi connectivity index (χ0n) is 12.8. The average Bonchev–Trinajstić information content (AvgIpc) is 2.84. The fourth-order valence-corrected chi connectivity index (χ4v) is 2.79. The van der Waals surface area contributed by atoms with Gasteiger partial charge in [0.1, 0.15) is 0 Å². The van der Waals surface area contributed by atoms with E-state index in [4.69, 9.17) is 10.8 Å². The summed E-state index contributed by atoms with van der Waals surface area (Å²) in [4.78, 5) is 0. The Morgan fingerprint density at radius 2 is 1.85 bits per heavy atom. The van der Waals surface area contributed by atoms with Crippen molar-refractivity contribution in [3.8, 4) is 0 Å². The fraction of sp³-hybridized carbons (Fsp3) is 0.471. The van der Waals surface area contributed by atoms with Gasteiger partial charge >= 0.3 is 0 Å². The summed E-state index contributed by atoms with van der Waals surface area (Å²) >= 11 is 0. The first kappa shape index (κ1) is 14.8. The van der Waals surface area contributed by atoms with E-state index in [1.165, 1.54) is 16.8 Å². The average molecular weight is 271 g/mol. The van der Waals surface area contributed by atoms with Crippen LogP contribution in [0.2, 0.25) is 0 Å². The SMILES string of the molecule is CCc1nn(CCc2ccccc2)c(CC)c1C(C)N. The van der Waals surface area contributed by atoms with Crippen LogP contribution in [-0.4, -0.2) is 9.78 Å². The van der Waals surface area contributed by atoms with Gasteiger partial charge in [-0.3, -0.25) is 4.68 Å². The Morgan fingerprint density at radius 3 is 2.40 bits per heavy atom. The van der Waals surface area contributed by atoms with Crippen molar-refractivity contribution in [2.45, 2.75) is 52.6 Å². The summed E-state index contributed by atoms with van der Waals surface area (Å²) in [6.07, 6.45) is 2.94. The van der Waals surface area contributed by atoms with Crippen LogP contribution in [0.1, 0.15) is 49.3 Å². The highest BCUT2D eigenvalue weighted by atomic mass is 15.3. The molecule has 3 nitrogen and oxygen atoms in total. The maximum atomic E-state index is 6.13. The summed E-state index contributed by atoms with van der Waals surface area (Å²) in [7, 11) is 0. The molecule has 0 fully saturated rings. The lowest BCUT2D eigenvalue weighted by atomic mass is 10.0. The van der Waals surface area contributed by atoms with Crippen LogP contribution >= 0.6 is 0 Å². The molecule has 1 aromatic heterocycles. The molecule has 0 radical (unpaired) electrons. The third-order valence-corrected chi connectivity index (χ3v) is 3.76. The highest BCUT2D eigenvalue weighted by Crippen LogP contribution is 2.22. The maximum Gasteiger partial charge on any atom is 0.0672 e. The smallest absolute Gasteiger partial charge is 0.0672 e. The van der Waals surface area contributed by atoms with E-state index < -0.39 is 0 Å². The topological polar surface area (TPSA) is 43.8 Å². The van der Waals surface area contributed by atoms with Gasteiger partial charge in [-0.25, -0.2) is 0 Å². The zero-order valence-corrected chi connectivity index (χ0v) is 12.8. The molecular weight excluding hydrogens is 246 g/mol. The first-order valence-electron chi connectivity index (χ1n) is 7.55. The van der Waals surface area contributed by atoms with E-state index in [1.54, 1.807) is 0 Å². The molecule has 2 N–H and O–H groups in total. The van der Waals surface area contributed by atoms with Crippen LogP contribution in [0.15, 0.2) is 30.3 Å². The predicted molar refractivity (Wildman–Crippen MR) is 83.7 cm³/mol. The Balaban J connectivity index is 2.23. The highest BCUT2D eigenvalue weighted by molar-refractivity contribution is 5.29. The number of rotatable bonds is 6. The molecule has 0 aliphatic carbocycles. The maximum absolute atomic E-state index is 6.13. The van der Waals surface area contributed by atoms with Crippen molar-refractivity contribution >= 4 is 0 Å². The predicted octanol–water partition coefficient (Wildman–Crippen LogP) is 3.27. The van der Waals surface area contributed by atoms with Crippen molar-refractivity contribution in [1.82, 2.24) is 9.78 Å². The van der Waals surface area contributed by atoms with E-state index in [0.717, 1.165) is 31.5 Å². The molecule has 1 aromatic carbocycles. The molecule has 1 atom stereocenters. The molecule has 2 aromatic rings. The monoisotopic (exact) mass is 271 g/mol. The van der Waals surface area contributed by atoms with E-state index in [2.05, 4.69) is 55.8 Å². The molecule has 0 saturated heterocycles. The summed E-state index contributed by atoms with van der Waals surface area (Å²) in [6, 6.07) is 10.6. The normalized spacial score (nSPS) is 12.6. The number of benzene rings is 1. The van der Waals surface area contributed by atoms with Crippen molar-refractivity contribution < 1.29 is 0 Å². The molecule has 1 heterocycles. The molecule has 20 heavy (non-hydrogen) atoms. The number of hydrogen-bond acceptors (Lipinski definition) is 2. The lowest BCUT2D eigenvalue weighted by Gasteiger charge is -2.10. The second-order valence-corrected chi connectivity index (χ2v) is 5.26. The van der Waals surface area contributed by atoms with E-state index in [1.807, 2.05) is 0 Å². The molecule has 2 rings (SSSR count). The Hall–Kier alpha value is -1.61. The minimum absolute atomic E-state index is 0.0605. The van der Waals surface area contributed by atoms with Crippen LogP contribution < -0.4 is 5.73 Å². The van der Waals surface area contributed by atoms with E-state index in [-0.39, 0.29) is 6.04 Å². The molecule has 0 saturated carbocycles. The van der Waals surface area contributed by atoms with Crippen LogP contribution in [0.4, 0.5) is 0 Å². The quantitative estimate of drug-likeness (QED) is 0.876.